The van der Waals surface area contributed by atoms with E-state index in [2.05, 4.69) is 16.8 Å². The van der Waals surface area contributed by atoms with Crippen molar-refractivity contribution < 1.29 is 4.79 Å². The van der Waals surface area contributed by atoms with Gasteiger partial charge < -0.3 is 5.32 Å². The average Bonchev–Trinajstić information content (AvgIpc) is 2.92. The highest BCUT2D eigenvalue weighted by atomic mass is 35.5. The minimum Gasteiger partial charge on any atom is -0.326 e. The molecule has 1 aromatic carbocycles. The lowest BCUT2D eigenvalue weighted by Gasteiger charge is -2.12. The standard InChI is InChI=1S/C16H18ClNOS/c1-12(17)14-8-2-3-9-15(14)18-16(19)10-4-6-13-7-5-11-20-13/h2-3,5,7-9,11-12H,4,6,10H2,1H3,(H,18,19). The molecule has 1 atom stereocenters. The van der Waals surface area contributed by atoms with Gasteiger partial charge in [0.15, 0.2) is 0 Å². The minimum absolute atomic E-state index is 0.0475. The van der Waals surface area contributed by atoms with E-state index in [0.29, 0.717) is 6.42 Å². The minimum atomic E-state index is -0.113. The maximum atomic E-state index is 12.0. The molecule has 0 saturated carbocycles. The molecular weight excluding hydrogens is 290 g/mol. The normalized spacial score (nSPS) is 12.1. The number of para-hydroxylation sites is 1. The second-order valence-electron chi connectivity index (χ2n) is 4.68. The molecule has 2 aromatic rings. The third-order valence-corrected chi connectivity index (χ3v) is 4.24. The first-order valence-electron chi connectivity index (χ1n) is 6.72. The highest BCUT2D eigenvalue weighted by molar-refractivity contribution is 7.09. The van der Waals surface area contributed by atoms with E-state index in [9.17, 15) is 4.79 Å². The van der Waals surface area contributed by atoms with Gasteiger partial charge in [0, 0.05) is 17.0 Å². The predicted molar refractivity (Wildman–Crippen MR) is 86.6 cm³/mol. The van der Waals surface area contributed by atoms with Crippen molar-refractivity contribution in [2.24, 2.45) is 0 Å². The zero-order valence-electron chi connectivity index (χ0n) is 11.4. The molecule has 106 valence electrons. The number of benzene rings is 1. The molecule has 0 aliphatic carbocycles. The molecule has 0 fully saturated rings. The van der Waals surface area contributed by atoms with Gasteiger partial charge in [-0.2, -0.15) is 0 Å². The Kier molecular flexibility index (Phi) is 5.62. The number of amides is 1. The number of halogens is 1. The lowest BCUT2D eigenvalue weighted by atomic mass is 10.1. The third kappa shape index (κ3) is 4.36. The summed E-state index contributed by atoms with van der Waals surface area (Å²) in [6.07, 6.45) is 2.35. The fourth-order valence-electron chi connectivity index (χ4n) is 2.05. The van der Waals surface area contributed by atoms with Crippen LogP contribution < -0.4 is 5.32 Å². The lowest BCUT2D eigenvalue weighted by Crippen LogP contribution is -2.13. The molecule has 0 bridgehead atoms. The van der Waals surface area contributed by atoms with Gasteiger partial charge in [0.1, 0.15) is 0 Å². The van der Waals surface area contributed by atoms with Crippen molar-refractivity contribution in [2.75, 3.05) is 5.32 Å². The van der Waals surface area contributed by atoms with E-state index in [0.717, 1.165) is 24.1 Å². The molecule has 1 N–H and O–H groups in total. The van der Waals surface area contributed by atoms with Gasteiger partial charge in [-0.3, -0.25) is 4.79 Å². The third-order valence-electron chi connectivity index (χ3n) is 3.07. The molecule has 2 rings (SSSR count). The highest BCUT2D eigenvalue weighted by Gasteiger charge is 2.10. The van der Waals surface area contributed by atoms with Crippen LogP contribution >= 0.6 is 22.9 Å². The fourth-order valence-corrected chi connectivity index (χ4v) is 2.99. The van der Waals surface area contributed by atoms with Gasteiger partial charge >= 0.3 is 0 Å². The summed E-state index contributed by atoms with van der Waals surface area (Å²) in [7, 11) is 0. The zero-order chi connectivity index (χ0) is 14.4. The van der Waals surface area contributed by atoms with Gasteiger partial charge in [-0.1, -0.05) is 24.3 Å². The van der Waals surface area contributed by atoms with Gasteiger partial charge in [0.2, 0.25) is 5.91 Å². The summed E-state index contributed by atoms with van der Waals surface area (Å²) in [6.45, 7) is 1.91. The van der Waals surface area contributed by atoms with E-state index >= 15 is 0 Å². The Hall–Kier alpha value is -1.32. The van der Waals surface area contributed by atoms with Crippen molar-refractivity contribution in [3.05, 3.63) is 52.2 Å². The number of rotatable bonds is 6. The van der Waals surface area contributed by atoms with E-state index in [1.54, 1.807) is 11.3 Å². The summed E-state index contributed by atoms with van der Waals surface area (Å²) >= 11 is 7.85. The average molecular weight is 308 g/mol. The van der Waals surface area contributed by atoms with E-state index in [1.807, 2.05) is 37.3 Å². The molecule has 1 aromatic heterocycles. The molecule has 1 heterocycles. The predicted octanol–water partition coefficient (Wildman–Crippen LogP) is 5.01. The van der Waals surface area contributed by atoms with Crippen LogP contribution in [0.3, 0.4) is 0 Å². The number of thiophene rings is 1. The van der Waals surface area contributed by atoms with Crippen LogP contribution in [0.5, 0.6) is 0 Å². The van der Waals surface area contributed by atoms with Gasteiger partial charge in [-0.05, 0) is 42.8 Å². The van der Waals surface area contributed by atoms with Crippen molar-refractivity contribution >= 4 is 34.5 Å². The number of anilines is 1. The molecule has 20 heavy (non-hydrogen) atoms. The Morgan fingerprint density at radius 1 is 1.30 bits per heavy atom. The van der Waals surface area contributed by atoms with E-state index in [1.165, 1.54) is 4.88 Å². The first-order valence-corrected chi connectivity index (χ1v) is 8.03. The number of aryl methyl sites for hydroxylation is 1. The number of carbonyl (C=O) groups is 1. The molecule has 0 saturated heterocycles. The van der Waals surface area contributed by atoms with Crippen LogP contribution in [-0.2, 0) is 11.2 Å². The van der Waals surface area contributed by atoms with Crippen molar-refractivity contribution in [1.29, 1.82) is 0 Å². The first-order chi connectivity index (χ1) is 9.66. The van der Waals surface area contributed by atoms with E-state index in [-0.39, 0.29) is 11.3 Å². The topological polar surface area (TPSA) is 29.1 Å². The van der Waals surface area contributed by atoms with Crippen molar-refractivity contribution in [3.8, 4) is 0 Å². The molecular formula is C16H18ClNOS. The van der Waals surface area contributed by atoms with Crippen LogP contribution in [0.2, 0.25) is 0 Å². The van der Waals surface area contributed by atoms with Crippen LogP contribution in [0.15, 0.2) is 41.8 Å². The number of hydrogen-bond acceptors (Lipinski definition) is 2. The molecule has 1 amide bonds. The summed E-state index contributed by atoms with van der Waals surface area (Å²) in [4.78, 5) is 13.3. The number of alkyl halides is 1. The molecule has 0 radical (unpaired) electrons. The SMILES string of the molecule is CC(Cl)c1ccccc1NC(=O)CCCc1cccs1. The largest absolute Gasteiger partial charge is 0.326 e. The van der Waals surface area contributed by atoms with Gasteiger partial charge in [0.05, 0.1) is 5.38 Å². The first kappa shape index (κ1) is 15.1. The Balaban J connectivity index is 1.85. The van der Waals surface area contributed by atoms with E-state index < -0.39 is 0 Å². The fraction of sp³-hybridized carbons (Fsp3) is 0.312. The summed E-state index contributed by atoms with van der Waals surface area (Å²) in [5, 5.41) is 4.90. The second-order valence-corrected chi connectivity index (χ2v) is 6.37. The van der Waals surface area contributed by atoms with Gasteiger partial charge in [0.25, 0.3) is 0 Å². The molecule has 0 spiro atoms. The van der Waals surface area contributed by atoms with Crippen molar-refractivity contribution in [2.45, 2.75) is 31.6 Å². The Labute approximate surface area is 128 Å². The van der Waals surface area contributed by atoms with Crippen LogP contribution in [0.25, 0.3) is 0 Å². The van der Waals surface area contributed by atoms with Crippen LogP contribution in [0.1, 0.15) is 35.6 Å². The maximum Gasteiger partial charge on any atom is 0.224 e. The van der Waals surface area contributed by atoms with Crippen molar-refractivity contribution in [3.63, 3.8) is 0 Å². The number of hydrogen-bond donors (Lipinski definition) is 1. The van der Waals surface area contributed by atoms with Crippen LogP contribution in [-0.4, -0.2) is 5.91 Å². The van der Waals surface area contributed by atoms with Crippen LogP contribution in [0.4, 0.5) is 5.69 Å². The van der Waals surface area contributed by atoms with E-state index in [4.69, 9.17) is 11.6 Å². The zero-order valence-corrected chi connectivity index (χ0v) is 13.0. The Morgan fingerprint density at radius 2 is 2.10 bits per heavy atom. The van der Waals surface area contributed by atoms with Gasteiger partial charge in [-0.15, -0.1) is 22.9 Å². The highest BCUT2D eigenvalue weighted by Crippen LogP contribution is 2.27. The number of nitrogens with one attached hydrogen (secondary N) is 1. The molecule has 0 aliphatic rings. The van der Waals surface area contributed by atoms with Crippen LogP contribution in [0, 0.1) is 0 Å². The Bertz CT molecular complexity index is 551. The van der Waals surface area contributed by atoms with Crippen molar-refractivity contribution in [1.82, 2.24) is 0 Å². The summed E-state index contributed by atoms with van der Waals surface area (Å²) < 4.78 is 0. The molecule has 4 heteroatoms. The molecule has 0 aliphatic heterocycles. The number of carbonyl (C=O) groups excluding carboxylic acids is 1. The summed E-state index contributed by atoms with van der Waals surface area (Å²) in [6, 6.07) is 11.8. The Morgan fingerprint density at radius 3 is 2.80 bits per heavy atom. The quantitative estimate of drug-likeness (QED) is 0.747. The lowest BCUT2D eigenvalue weighted by molar-refractivity contribution is -0.116. The summed E-state index contributed by atoms with van der Waals surface area (Å²) in [5.41, 5.74) is 1.77. The maximum absolute atomic E-state index is 12.0. The summed E-state index contributed by atoms with van der Waals surface area (Å²) in [5.74, 6) is 0.0475. The monoisotopic (exact) mass is 307 g/mol. The van der Waals surface area contributed by atoms with Gasteiger partial charge in [-0.25, -0.2) is 0 Å². The smallest absolute Gasteiger partial charge is 0.224 e. The molecule has 2 nitrogen and oxygen atoms in total. The second kappa shape index (κ2) is 7.46. The molecule has 1 unspecified atom stereocenters.